The van der Waals surface area contributed by atoms with E-state index < -0.39 is 0 Å². The van der Waals surface area contributed by atoms with Gasteiger partial charge < -0.3 is 4.74 Å². The van der Waals surface area contributed by atoms with Gasteiger partial charge in [0.25, 0.3) is 0 Å². The highest BCUT2D eigenvalue weighted by atomic mass is 16.5. The molecule has 1 heteroatoms. The smallest absolute Gasteiger partial charge is 0.119 e. The largest absolute Gasteiger partial charge is 0.497 e. The van der Waals surface area contributed by atoms with Crippen molar-refractivity contribution >= 4 is 0 Å². The topological polar surface area (TPSA) is 9.23 Å². The molecule has 0 spiro atoms. The van der Waals surface area contributed by atoms with Gasteiger partial charge >= 0.3 is 0 Å². The molecule has 0 amide bonds. The van der Waals surface area contributed by atoms with Crippen LogP contribution >= 0.6 is 0 Å². The maximum atomic E-state index is 5.41. The van der Waals surface area contributed by atoms with Crippen molar-refractivity contribution in [1.29, 1.82) is 0 Å². The SMILES string of the molecule is C=CC1=CCC2C3CCc4cc(OC)ccc4C3CCC12C. The molecule has 116 valence electrons. The van der Waals surface area contributed by atoms with Crippen molar-refractivity contribution in [2.45, 2.75) is 44.9 Å². The Morgan fingerprint density at radius 1 is 1.32 bits per heavy atom. The maximum absolute atomic E-state index is 5.41. The van der Waals surface area contributed by atoms with Crippen molar-refractivity contribution in [2.24, 2.45) is 17.3 Å². The first-order chi connectivity index (χ1) is 10.7. The summed E-state index contributed by atoms with van der Waals surface area (Å²) in [7, 11) is 1.76. The summed E-state index contributed by atoms with van der Waals surface area (Å²) in [6.07, 6.45) is 11.0. The van der Waals surface area contributed by atoms with Gasteiger partial charge in [-0.3, -0.25) is 0 Å². The van der Waals surface area contributed by atoms with Crippen LogP contribution in [0.2, 0.25) is 0 Å². The third kappa shape index (κ3) is 1.84. The van der Waals surface area contributed by atoms with Gasteiger partial charge in [-0.15, -0.1) is 0 Å². The van der Waals surface area contributed by atoms with E-state index in [1.165, 1.54) is 43.2 Å². The average molecular weight is 294 g/mol. The molecule has 0 aliphatic heterocycles. The molecule has 0 radical (unpaired) electrons. The third-order valence-corrected chi connectivity index (χ3v) is 6.79. The Labute approximate surface area is 134 Å². The Bertz CT molecular complexity index is 641. The Hall–Kier alpha value is -1.50. The number of hydrogen-bond donors (Lipinski definition) is 0. The Morgan fingerprint density at radius 2 is 2.18 bits per heavy atom. The first-order valence-corrected chi connectivity index (χ1v) is 8.67. The molecule has 1 fully saturated rings. The number of benzene rings is 1. The number of rotatable bonds is 2. The fraction of sp³-hybridized carbons (Fsp3) is 0.524. The molecule has 1 aromatic rings. The van der Waals surface area contributed by atoms with E-state index in [0.29, 0.717) is 5.41 Å². The monoisotopic (exact) mass is 294 g/mol. The Balaban J connectivity index is 1.68. The summed E-state index contributed by atoms with van der Waals surface area (Å²) < 4.78 is 5.41. The summed E-state index contributed by atoms with van der Waals surface area (Å²) in [6.45, 7) is 6.54. The molecule has 3 aliphatic rings. The zero-order valence-corrected chi connectivity index (χ0v) is 13.8. The second-order valence-corrected chi connectivity index (χ2v) is 7.54. The first kappa shape index (κ1) is 14.1. The summed E-state index contributed by atoms with van der Waals surface area (Å²) in [4.78, 5) is 0. The van der Waals surface area contributed by atoms with E-state index in [9.17, 15) is 0 Å². The number of allylic oxidation sites excluding steroid dienone is 3. The van der Waals surface area contributed by atoms with Crippen LogP contribution in [0.25, 0.3) is 0 Å². The van der Waals surface area contributed by atoms with Gasteiger partial charge in [0.2, 0.25) is 0 Å². The Kier molecular flexibility index (Phi) is 3.21. The van der Waals surface area contributed by atoms with E-state index in [1.807, 2.05) is 0 Å². The number of fused-ring (bicyclic) bond motifs is 5. The molecule has 0 N–H and O–H groups in total. The fourth-order valence-corrected chi connectivity index (χ4v) is 5.60. The summed E-state index contributed by atoms with van der Waals surface area (Å²) >= 11 is 0. The van der Waals surface area contributed by atoms with Crippen LogP contribution in [0.4, 0.5) is 0 Å². The number of hydrogen-bond acceptors (Lipinski definition) is 1. The molecule has 0 saturated heterocycles. The van der Waals surface area contributed by atoms with E-state index >= 15 is 0 Å². The zero-order chi connectivity index (χ0) is 15.3. The van der Waals surface area contributed by atoms with Crippen molar-refractivity contribution in [2.75, 3.05) is 7.11 Å². The molecule has 1 nitrogen and oxygen atoms in total. The van der Waals surface area contributed by atoms with Crippen LogP contribution in [0, 0.1) is 17.3 Å². The summed E-state index contributed by atoms with van der Waals surface area (Å²) in [5, 5.41) is 0. The molecule has 1 saturated carbocycles. The summed E-state index contributed by atoms with van der Waals surface area (Å²) in [5.74, 6) is 3.42. The predicted molar refractivity (Wildman–Crippen MR) is 91.3 cm³/mol. The van der Waals surface area contributed by atoms with Crippen molar-refractivity contribution < 1.29 is 4.74 Å². The van der Waals surface area contributed by atoms with Crippen LogP contribution in [0.1, 0.15) is 49.7 Å². The third-order valence-electron chi connectivity index (χ3n) is 6.79. The highest BCUT2D eigenvalue weighted by Gasteiger charge is 2.50. The molecular weight excluding hydrogens is 268 g/mol. The average Bonchev–Trinajstić information content (AvgIpc) is 2.90. The molecule has 0 heterocycles. The lowest BCUT2D eigenvalue weighted by Crippen LogP contribution is -2.40. The van der Waals surface area contributed by atoms with Crippen LogP contribution in [0.3, 0.4) is 0 Å². The number of methoxy groups -OCH3 is 1. The van der Waals surface area contributed by atoms with Crippen molar-refractivity contribution in [3.8, 4) is 5.75 Å². The van der Waals surface area contributed by atoms with Crippen molar-refractivity contribution in [1.82, 2.24) is 0 Å². The van der Waals surface area contributed by atoms with Crippen molar-refractivity contribution in [3.63, 3.8) is 0 Å². The standard InChI is InChI=1S/C21H26O/c1-4-15-6-10-20-19-8-5-14-13-16(22-3)7-9-17(14)18(19)11-12-21(15,20)2/h4,6-7,9,13,18-20H,1,5,8,10-12H2,2-3H3. The van der Waals surface area contributed by atoms with Crippen LogP contribution < -0.4 is 4.74 Å². The summed E-state index contributed by atoms with van der Waals surface area (Å²) in [6, 6.07) is 6.75. The molecule has 1 aromatic carbocycles. The molecule has 22 heavy (non-hydrogen) atoms. The van der Waals surface area contributed by atoms with Crippen LogP contribution in [0.5, 0.6) is 5.75 Å². The zero-order valence-electron chi connectivity index (χ0n) is 13.8. The minimum atomic E-state index is 0.382. The normalized spacial score (nSPS) is 35.9. The highest BCUT2D eigenvalue weighted by Crippen LogP contribution is 2.61. The van der Waals surface area contributed by atoms with Gasteiger partial charge in [-0.2, -0.15) is 0 Å². The lowest BCUT2D eigenvalue weighted by atomic mass is 9.54. The lowest BCUT2D eigenvalue weighted by molar-refractivity contribution is 0.0774. The molecule has 4 rings (SSSR count). The van der Waals surface area contributed by atoms with E-state index in [0.717, 1.165) is 23.5 Å². The highest BCUT2D eigenvalue weighted by molar-refractivity contribution is 5.42. The summed E-state index contributed by atoms with van der Waals surface area (Å²) in [5.41, 5.74) is 5.02. The second kappa shape index (κ2) is 5.01. The second-order valence-electron chi connectivity index (χ2n) is 7.54. The predicted octanol–water partition coefficient (Wildman–Crippen LogP) is 5.27. The van der Waals surface area contributed by atoms with Gasteiger partial charge in [0.15, 0.2) is 0 Å². The van der Waals surface area contributed by atoms with Gasteiger partial charge in [0, 0.05) is 0 Å². The van der Waals surface area contributed by atoms with Crippen LogP contribution in [-0.2, 0) is 6.42 Å². The Morgan fingerprint density at radius 3 is 2.95 bits per heavy atom. The van der Waals surface area contributed by atoms with Gasteiger partial charge in [0.05, 0.1) is 7.11 Å². The van der Waals surface area contributed by atoms with Gasteiger partial charge in [-0.1, -0.05) is 31.7 Å². The molecule has 0 aromatic heterocycles. The van der Waals surface area contributed by atoms with Gasteiger partial charge in [0.1, 0.15) is 5.75 Å². The number of aryl methyl sites for hydroxylation is 1. The maximum Gasteiger partial charge on any atom is 0.119 e. The fourth-order valence-electron chi connectivity index (χ4n) is 5.60. The van der Waals surface area contributed by atoms with E-state index in [4.69, 9.17) is 4.74 Å². The molecule has 4 atom stereocenters. The van der Waals surface area contributed by atoms with E-state index in [2.05, 4.69) is 43.9 Å². The minimum absolute atomic E-state index is 0.382. The number of ether oxygens (including phenoxy) is 1. The van der Waals surface area contributed by atoms with Crippen molar-refractivity contribution in [3.05, 3.63) is 53.6 Å². The van der Waals surface area contributed by atoms with Crippen LogP contribution in [-0.4, -0.2) is 7.11 Å². The van der Waals surface area contributed by atoms with E-state index in [-0.39, 0.29) is 0 Å². The minimum Gasteiger partial charge on any atom is -0.497 e. The van der Waals surface area contributed by atoms with Crippen LogP contribution in [0.15, 0.2) is 42.5 Å². The lowest BCUT2D eigenvalue weighted by Gasteiger charge is -2.50. The van der Waals surface area contributed by atoms with E-state index in [1.54, 1.807) is 12.7 Å². The quantitative estimate of drug-likeness (QED) is 0.721. The first-order valence-electron chi connectivity index (χ1n) is 8.67. The van der Waals surface area contributed by atoms with Gasteiger partial charge in [-0.25, -0.2) is 0 Å². The van der Waals surface area contributed by atoms with Gasteiger partial charge in [-0.05, 0) is 84.1 Å². The molecule has 3 aliphatic carbocycles. The molecular formula is C21H26O. The molecule has 0 bridgehead atoms. The molecule has 4 unspecified atom stereocenters.